The van der Waals surface area contributed by atoms with Crippen LogP contribution in [-0.2, 0) is 0 Å². The fraction of sp³-hybridized carbons (Fsp3) is 0.455. The predicted molar refractivity (Wildman–Crippen MR) is 122 cm³/mol. The molecule has 0 spiro atoms. The zero-order valence-corrected chi connectivity index (χ0v) is 19.2. The highest BCUT2D eigenvalue weighted by Crippen LogP contribution is 2.49. The number of rotatable bonds is 2. The van der Waals surface area contributed by atoms with E-state index in [0.717, 1.165) is 44.1 Å². The van der Waals surface area contributed by atoms with Crippen LogP contribution >= 0.6 is 22.7 Å². The molecule has 0 aromatic carbocycles. The number of fused-ring (bicyclic) bond motifs is 2. The van der Waals surface area contributed by atoms with Crippen molar-refractivity contribution < 1.29 is 18.9 Å². The Labute approximate surface area is 185 Å². The fourth-order valence-electron chi connectivity index (χ4n) is 3.44. The van der Waals surface area contributed by atoms with E-state index in [1.165, 1.54) is 0 Å². The summed E-state index contributed by atoms with van der Waals surface area (Å²) in [4.78, 5) is 5.43. The van der Waals surface area contributed by atoms with Gasteiger partial charge >= 0.3 is 0 Å². The fourth-order valence-corrected chi connectivity index (χ4v) is 5.30. The van der Waals surface area contributed by atoms with Crippen molar-refractivity contribution in [1.29, 1.82) is 0 Å². The highest BCUT2D eigenvalue weighted by molar-refractivity contribution is 7.15. The highest BCUT2D eigenvalue weighted by Gasteiger charge is 2.31. The molecule has 30 heavy (non-hydrogen) atoms. The van der Waals surface area contributed by atoms with Gasteiger partial charge in [0.2, 0.25) is 0 Å². The molecule has 0 amide bonds. The quantitative estimate of drug-likeness (QED) is 0.577. The van der Waals surface area contributed by atoms with Gasteiger partial charge in [0.1, 0.15) is 7.85 Å². The van der Waals surface area contributed by atoms with Gasteiger partial charge in [0.15, 0.2) is 23.0 Å². The van der Waals surface area contributed by atoms with Gasteiger partial charge in [-0.3, -0.25) is 0 Å². The molecule has 0 aliphatic carbocycles. The first-order valence-corrected chi connectivity index (χ1v) is 11.7. The van der Waals surface area contributed by atoms with Gasteiger partial charge in [-0.1, -0.05) is 33.2 Å². The number of ether oxygens (including phenoxy) is 4. The summed E-state index contributed by atoms with van der Waals surface area (Å²) in [5.41, 5.74) is 2.34. The third-order valence-corrected chi connectivity index (χ3v) is 7.13. The van der Waals surface area contributed by atoms with Gasteiger partial charge in [-0.2, -0.15) is 0 Å². The summed E-state index contributed by atoms with van der Waals surface area (Å²) in [7, 11) is 6.43. The van der Waals surface area contributed by atoms with Crippen molar-refractivity contribution in [2.75, 3.05) is 26.4 Å². The summed E-state index contributed by atoms with van der Waals surface area (Å²) >= 11 is 3.16. The molecule has 5 rings (SSSR count). The van der Waals surface area contributed by atoms with Crippen LogP contribution in [0.2, 0.25) is 0 Å². The van der Waals surface area contributed by atoms with E-state index in [-0.39, 0.29) is 10.8 Å². The molecule has 0 saturated carbocycles. The Morgan fingerprint density at radius 2 is 1.30 bits per heavy atom. The van der Waals surface area contributed by atoms with Crippen molar-refractivity contribution in [2.24, 2.45) is 10.8 Å². The Kier molecular flexibility index (Phi) is 4.63. The maximum atomic E-state index is 6.43. The molecule has 5 nitrogen and oxygen atoms in total. The molecule has 2 aliphatic rings. The van der Waals surface area contributed by atoms with E-state index in [1.54, 1.807) is 22.7 Å². The molecule has 0 bridgehead atoms. The van der Waals surface area contributed by atoms with E-state index in [2.05, 4.69) is 32.7 Å². The molecule has 156 valence electrons. The van der Waals surface area contributed by atoms with Gasteiger partial charge in [-0.05, 0) is 6.07 Å². The van der Waals surface area contributed by atoms with Crippen LogP contribution in [0.15, 0.2) is 16.8 Å². The molecule has 2 aliphatic heterocycles. The largest absolute Gasteiger partial charge is 0.488 e. The lowest BCUT2D eigenvalue weighted by atomic mass is 9.95. The third kappa shape index (κ3) is 3.50. The summed E-state index contributed by atoms with van der Waals surface area (Å²) in [6.07, 6.45) is 0. The van der Waals surface area contributed by atoms with E-state index >= 15 is 0 Å². The van der Waals surface area contributed by atoms with Crippen LogP contribution in [0.1, 0.15) is 27.7 Å². The number of aromatic amines is 1. The van der Waals surface area contributed by atoms with E-state index in [4.69, 9.17) is 26.8 Å². The number of hydrogen-bond acceptors (Lipinski definition) is 6. The first kappa shape index (κ1) is 19.9. The predicted octanol–water partition coefficient (Wildman–Crippen LogP) is 4.86. The Hall–Kier alpha value is -2.06. The minimum Gasteiger partial charge on any atom is -0.488 e. The summed E-state index contributed by atoms with van der Waals surface area (Å²) in [6.45, 7) is 11.0. The standard InChI is InChI=1S/C22H24BNO4S2/c1-21(2)8-25-14-6-29-19(17(14)27-10-21)13-5-12(23)16(24-13)20-18-15(7-30-20)26-9-22(3,4)11-28-18/h5-7,24H,8-11H2,1-4H3. The van der Waals surface area contributed by atoms with Crippen molar-refractivity contribution in [3.05, 3.63) is 16.8 Å². The number of hydrogen-bond donors (Lipinski definition) is 1. The maximum Gasteiger partial charge on any atom is 0.181 e. The molecule has 1 N–H and O–H groups in total. The molecule has 3 aromatic heterocycles. The zero-order chi connectivity index (χ0) is 21.1. The summed E-state index contributed by atoms with van der Waals surface area (Å²) in [5.74, 6) is 3.11. The molecule has 0 atom stereocenters. The second-order valence-electron chi connectivity index (χ2n) is 9.51. The van der Waals surface area contributed by atoms with Crippen molar-refractivity contribution in [2.45, 2.75) is 27.7 Å². The summed E-state index contributed by atoms with van der Waals surface area (Å²) < 4.78 is 24.3. The van der Waals surface area contributed by atoms with Crippen LogP contribution in [0, 0.1) is 10.8 Å². The minimum absolute atomic E-state index is 0.0342. The highest BCUT2D eigenvalue weighted by atomic mass is 32.1. The molecule has 3 aromatic rings. The van der Waals surface area contributed by atoms with Crippen LogP contribution in [-0.4, -0.2) is 39.3 Å². The van der Waals surface area contributed by atoms with Crippen LogP contribution < -0.4 is 24.4 Å². The monoisotopic (exact) mass is 441 g/mol. The van der Waals surface area contributed by atoms with Gasteiger partial charge in [-0.15, -0.1) is 22.7 Å². The van der Waals surface area contributed by atoms with Crippen LogP contribution in [0.4, 0.5) is 0 Å². The van der Waals surface area contributed by atoms with Gasteiger partial charge in [0.25, 0.3) is 0 Å². The topological polar surface area (TPSA) is 52.7 Å². The molecule has 2 radical (unpaired) electrons. The Balaban J connectivity index is 1.50. The van der Waals surface area contributed by atoms with Crippen LogP contribution in [0.3, 0.4) is 0 Å². The van der Waals surface area contributed by atoms with Crippen molar-refractivity contribution in [3.63, 3.8) is 0 Å². The molecule has 8 heteroatoms. The zero-order valence-electron chi connectivity index (χ0n) is 17.6. The maximum absolute atomic E-state index is 6.43. The van der Waals surface area contributed by atoms with Crippen molar-refractivity contribution >= 4 is 36.0 Å². The van der Waals surface area contributed by atoms with Gasteiger partial charge in [0, 0.05) is 21.6 Å². The lowest BCUT2D eigenvalue weighted by molar-refractivity contribution is 0.140. The molecule has 0 fully saturated rings. The summed E-state index contributed by atoms with van der Waals surface area (Å²) in [6, 6.07) is 1.95. The molecule has 0 unspecified atom stereocenters. The molecular weight excluding hydrogens is 417 g/mol. The van der Waals surface area contributed by atoms with Crippen LogP contribution in [0.5, 0.6) is 23.0 Å². The number of nitrogens with one attached hydrogen (secondary N) is 1. The van der Waals surface area contributed by atoms with E-state index in [9.17, 15) is 0 Å². The average Bonchev–Trinajstić information content (AvgIpc) is 3.32. The average molecular weight is 441 g/mol. The van der Waals surface area contributed by atoms with E-state index in [0.29, 0.717) is 31.9 Å². The second-order valence-corrected chi connectivity index (χ2v) is 11.3. The third-order valence-electron chi connectivity index (χ3n) is 5.20. The Morgan fingerprint density at radius 1 is 0.800 bits per heavy atom. The van der Waals surface area contributed by atoms with Gasteiger partial charge < -0.3 is 23.9 Å². The Bertz CT molecular complexity index is 1100. The molecular formula is C22H24BNO4S2. The number of aromatic nitrogens is 1. The normalized spacial score (nSPS) is 19.2. The van der Waals surface area contributed by atoms with Crippen molar-refractivity contribution in [3.8, 4) is 44.1 Å². The molecule has 5 heterocycles. The summed E-state index contributed by atoms with van der Waals surface area (Å²) in [5, 5.41) is 3.99. The Morgan fingerprint density at radius 3 is 1.90 bits per heavy atom. The first-order chi connectivity index (χ1) is 14.2. The minimum atomic E-state index is -0.0416. The van der Waals surface area contributed by atoms with Crippen molar-refractivity contribution in [1.82, 2.24) is 4.98 Å². The van der Waals surface area contributed by atoms with E-state index in [1.807, 2.05) is 16.8 Å². The van der Waals surface area contributed by atoms with Gasteiger partial charge in [0.05, 0.1) is 47.6 Å². The lowest BCUT2D eigenvalue weighted by Crippen LogP contribution is -2.26. The SMILES string of the molecule is [B]c1cc(-c2scc3c2OCC(C)(C)CO3)[nH]c1-c1scc2c1OCC(C)(C)CO2. The smallest absolute Gasteiger partial charge is 0.181 e. The first-order valence-electron chi connectivity index (χ1n) is 9.96. The lowest BCUT2D eigenvalue weighted by Gasteiger charge is -2.20. The number of thiophene rings is 2. The molecule has 0 saturated heterocycles. The number of H-pyrrole nitrogens is 1. The van der Waals surface area contributed by atoms with Crippen LogP contribution in [0.25, 0.3) is 21.1 Å². The second kappa shape index (κ2) is 6.99. The van der Waals surface area contributed by atoms with Gasteiger partial charge in [-0.25, -0.2) is 0 Å². The van der Waals surface area contributed by atoms with E-state index < -0.39 is 0 Å².